The quantitative estimate of drug-likeness (QED) is 0.763. The summed E-state index contributed by atoms with van der Waals surface area (Å²) in [4.78, 5) is 0. The average Bonchev–Trinajstić information content (AvgIpc) is 2.03. The Morgan fingerprint density at radius 3 is 2.67 bits per heavy atom. The van der Waals surface area contributed by atoms with Crippen molar-refractivity contribution in [2.45, 2.75) is 6.10 Å². The maximum absolute atomic E-state index is 12.9. The van der Waals surface area contributed by atoms with E-state index in [0.717, 1.165) is 6.07 Å². The van der Waals surface area contributed by atoms with E-state index < -0.39 is 18.6 Å². The van der Waals surface area contributed by atoms with E-state index in [1.54, 1.807) is 0 Å². The molecule has 0 fully saturated rings. The summed E-state index contributed by atoms with van der Waals surface area (Å²) in [6.07, 6.45) is -1.47. The van der Waals surface area contributed by atoms with Gasteiger partial charge in [-0.15, -0.1) is 0 Å². The van der Waals surface area contributed by atoms with Gasteiger partial charge in [-0.2, -0.15) is 0 Å². The van der Waals surface area contributed by atoms with Gasteiger partial charge >= 0.3 is 0 Å². The van der Waals surface area contributed by atoms with Crippen molar-refractivity contribution in [3.8, 4) is 0 Å². The Labute approximate surface area is 73.6 Å². The van der Waals surface area contributed by atoms with Gasteiger partial charge in [0.1, 0.15) is 18.6 Å². The van der Waals surface area contributed by atoms with Crippen LogP contribution in [0.4, 0.5) is 8.78 Å². The Morgan fingerprint density at radius 2 is 2.17 bits per heavy atom. The lowest BCUT2D eigenvalue weighted by Gasteiger charge is -2.08. The highest BCUT2D eigenvalue weighted by Gasteiger charge is 2.15. The van der Waals surface area contributed by atoms with Crippen LogP contribution >= 0.6 is 11.6 Å². The van der Waals surface area contributed by atoms with E-state index in [1.807, 2.05) is 0 Å². The number of benzene rings is 1. The highest BCUT2D eigenvalue weighted by molar-refractivity contribution is 6.31. The fraction of sp³-hybridized carbons (Fsp3) is 0.250. The minimum atomic E-state index is -1.47. The average molecular weight is 193 g/mol. The fourth-order valence-corrected chi connectivity index (χ4v) is 1.20. The first-order valence-corrected chi connectivity index (χ1v) is 3.72. The van der Waals surface area contributed by atoms with Gasteiger partial charge in [-0.1, -0.05) is 17.7 Å². The zero-order valence-corrected chi connectivity index (χ0v) is 6.85. The van der Waals surface area contributed by atoms with Gasteiger partial charge in [0.05, 0.1) is 0 Å². The van der Waals surface area contributed by atoms with Crippen LogP contribution in [0.5, 0.6) is 0 Å². The first kappa shape index (κ1) is 9.42. The Bertz CT molecular complexity index is 258. The van der Waals surface area contributed by atoms with Crippen LogP contribution < -0.4 is 0 Å². The van der Waals surface area contributed by atoms with Gasteiger partial charge in [0.25, 0.3) is 0 Å². The van der Waals surface area contributed by atoms with E-state index in [1.165, 1.54) is 12.1 Å². The van der Waals surface area contributed by atoms with Gasteiger partial charge < -0.3 is 5.11 Å². The SMILES string of the molecule is OC(CF)c1c(F)cccc1Cl. The van der Waals surface area contributed by atoms with Crippen molar-refractivity contribution in [2.24, 2.45) is 0 Å². The van der Waals surface area contributed by atoms with Crippen molar-refractivity contribution < 1.29 is 13.9 Å². The van der Waals surface area contributed by atoms with Crippen LogP contribution in [0.1, 0.15) is 11.7 Å². The van der Waals surface area contributed by atoms with Crippen LogP contribution in [-0.2, 0) is 0 Å². The molecule has 1 unspecified atom stereocenters. The number of rotatable bonds is 2. The molecule has 66 valence electrons. The second-order valence-corrected chi connectivity index (χ2v) is 2.71. The number of hydrogen-bond donors (Lipinski definition) is 1. The molecule has 0 aliphatic heterocycles. The van der Waals surface area contributed by atoms with Gasteiger partial charge in [0, 0.05) is 10.6 Å². The van der Waals surface area contributed by atoms with Crippen LogP contribution in [0.25, 0.3) is 0 Å². The van der Waals surface area contributed by atoms with E-state index in [4.69, 9.17) is 16.7 Å². The third-order valence-electron chi connectivity index (χ3n) is 1.48. The molecule has 1 N–H and O–H groups in total. The van der Waals surface area contributed by atoms with Gasteiger partial charge in [-0.05, 0) is 12.1 Å². The number of aliphatic hydroxyl groups excluding tert-OH is 1. The molecule has 0 aliphatic carbocycles. The maximum Gasteiger partial charge on any atom is 0.130 e. The predicted octanol–water partition coefficient (Wildman–Crippen LogP) is 2.48. The lowest BCUT2D eigenvalue weighted by atomic mass is 10.1. The van der Waals surface area contributed by atoms with E-state index in [9.17, 15) is 8.78 Å². The molecule has 0 saturated heterocycles. The molecule has 1 aromatic carbocycles. The van der Waals surface area contributed by atoms with Crippen molar-refractivity contribution in [2.75, 3.05) is 6.67 Å². The van der Waals surface area contributed by atoms with Crippen molar-refractivity contribution >= 4 is 11.6 Å². The second kappa shape index (κ2) is 3.83. The van der Waals surface area contributed by atoms with Crippen molar-refractivity contribution in [3.05, 3.63) is 34.6 Å². The van der Waals surface area contributed by atoms with Crippen LogP contribution in [-0.4, -0.2) is 11.8 Å². The molecule has 0 radical (unpaired) electrons. The molecule has 0 heterocycles. The topological polar surface area (TPSA) is 20.2 Å². The number of halogens is 3. The Kier molecular flexibility index (Phi) is 3.00. The fourth-order valence-electron chi connectivity index (χ4n) is 0.906. The molecule has 0 spiro atoms. The summed E-state index contributed by atoms with van der Waals surface area (Å²) in [6.45, 7) is -1.04. The highest BCUT2D eigenvalue weighted by atomic mass is 35.5. The maximum atomic E-state index is 12.9. The van der Waals surface area contributed by atoms with Crippen LogP contribution in [0.15, 0.2) is 18.2 Å². The first-order chi connectivity index (χ1) is 5.66. The molecule has 1 nitrogen and oxygen atoms in total. The summed E-state index contributed by atoms with van der Waals surface area (Å²) in [5.74, 6) is -0.687. The largest absolute Gasteiger partial charge is 0.386 e. The number of alkyl halides is 1. The predicted molar refractivity (Wildman–Crippen MR) is 42.3 cm³/mol. The molecule has 0 saturated carbocycles. The third-order valence-corrected chi connectivity index (χ3v) is 1.81. The van der Waals surface area contributed by atoms with Crippen LogP contribution in [0, 0.1) is 5.82 Å². The smallest absolute Gasteiger partial charge is 0.130 e. The monoisotopic (exact) mass is 192 g/mol. The lowest BCUT2D eigenvalue weighted by molar-refractivity contribution is 0.138. The first-order valence-electron chi connectivity index (χ1n) is 3.34. The van der Waals surface area contributed by atoms with E-state index in [0.29, 0.717) is 0 Å². The van der Waals surface area contributed by atoms with Crippen LogP contribution in [0.3, 0.4) is 0 Å². The molecule has 4 heteroatoms. The molecule has 0 aromatic heterocycles. The summed E-state index contributed by atoms with van der Waals surface area (Å²) < 4.78 is 24.8. The van der Waals surface area contributed by atoms with Crippen LogP contribution in [0.2, 0.25) is 5.02 Å². The lowest BCUT2D eigenvalue weighted by Crippen LogP contribution is -2.03. The summed E-state index contributed by atoms with van der Waals surface area (Å²) in [5.41, 5.74) is -0.179. The number of hydrogen-bond acceptors (Lipinski definition) is 1. The minimum absolute atomic E-state index is 0.0418. The summed E-state index contributed by atoms with van der Waals surface area (Å²) >= 11 is 5.54. The molecule has 1 aromatic rings. The minimum Gasteiger partial charge on any atom is -0.386 e. The van der Waals surface area contributed by atoms with Gasteiger partial charge in [-0.3, -0.25) is 0 Å². The molecule has 0 aliphatic rings. The Morgan fingerprint density at radius 1 is 1.50 bits per heavy atom. The molecular formula is C8H7ClF2O. The van der Waals surface area contributed by atoms with E-state index in [2.05, 4.69) is 0 Å². The highest BCUT2D eigenvalue weighted by Crippen LogP contribution is 2.25. The number of aliphatic hydroxyl groups is 1. The summed E-state index contributed by atoms with van der Waals surface area (Å²) in [7, 11) is 0. The molecule has 0 amide bonds. The standard InChI is InChI=1S/C8H7ClF2O/c9-5-2-1-3-6(11)8(5)7(12)4-10/h1-3,7,12H,4H2. The summed E-state index contributed by atoms with van der Waals surface area (Å²) in [6, 6.07) is 3.92. The summed E-state index contributed by atoms with van der Waals surface area (Å²) in [5, 5.41) is 9.03. The normalized spacial score (nSPS) is 13.0. The third kappa shape index (κ3) is 1.73. The molecular weight excluding hydrogens is 186 g/mol. The second-order valence-electron chi connectivity index (χ2n) is 2.31. The Hall–Kier alpha value is -0.670. The Balaban J connectivity index is 3.12. The van der Waals surface area contributed by atoms with Crippen molar-refractivity contribution in [1.82, 2.24) is 0 Å². The van der Waals surface area contributed by atoms with Crippen molar-refractivity contribution in [1.29, 1.82) is 0 Å². The van der Waals surface area contributed by atoms with Gasteiger partial charge in [0.2, 0.25) is 0 Å². The zero-order valence-electron chi connectivity index (χ0n) is 6.10. The molecule has 0 bridgehead atoms. The van der Waals surface area contributed by atoms with Crippen molar-refractivity contribution in [3.63, 3.8) is 0 Å². The zero-order chi connectivity index (χ0) is 9.14. The van der Waals surface area contributed by atoms with E-state index in [-0.39, 0.29) is 10.6 Å². The molecule has 1 rings (SSSR count). The van der Waals surface area contributed by atoms with E-state index >= 15 is 0 Å². The molecule has 1 atom stereocenters. The van der Waals surface area contributed by atoms with Gasteiger partial charge in [-0.25, -0.2) is 8.78 Å². The molecule has 12 heavy (non-hydrogen) atoms. The van der Waals surface area contributed by atoms with Gasteiger partial charge in [0.15, 0.2) is 0 Å².